The Morgan fingerprint density at radius 2 is 1.83 bits per heavy atom. The van der Waals surface area contributed by atoms with E-state index in [1.165, 1.54) is 41.1 Å². The van der Waals surface area contributed by atoms with E-state index in [1.807, 2.05) is 0 Å². The molecular weight excluding hydrogens is 424 g/mol. The van der Waals surface area contributed by atoms with E-state index in [1.54, 1.807) is 6.07 Å². The highest BCUT2D eigenvalue weighted by Gasteiger charge is 2.17. The van der Waals surface area contributed by atoms with Crippen LogP contribution in [0.1, 0.15) is 11.1 Å². The Morgan fingerprint density at radius 3 is 2.48 bits per heavy atom. The van der Waals surface area contributed by atoms with Crippen LogP contribution in [0.2, 0.25) is 10.0 Å². The van der Waals surface area contributed by atoms with E-state index >= 15 is 0 Å². The number of halogens is 3. The molecule has 29 heavy (non-hydrogen) atoms. The number of aliphatic hydroxyl groups excluding tert-OH is 1. The van der Waals surface area contributed by atoms with Gasteiger partial charge in [0.25, 0.3) is 5.78 Å². The molecule has 0 amide bonds. The Bertz CT molecular complexity index is 1250. The molecule has 0 saturated heterocycles. The first-order valence-corrected chi connectivity index (χ1v) is 8.88. The molecule has 0 aliphatic heterocycles. The van der Waals surface area contributed by atoms with Gasteiger partial charge in [0, 0.05) is 24.2 Å². The summed E-state index contributed by atoms with van der Waals surface area (Å²) in [5.41, 5.74) is 0.00317. The number of para-hydroxylation sites is 1. The summed E-state index contributed by atoms with van der Waals surface area (Å²) in [6.07, 6.45) is 1.70. The molecular formula is C20H12Cl2FNO5. The van der Waals surface area contributed by atoms with Gasteiger partial charge < -0.3 is 14.8 Å². The van der Waals surface area contributed by atoms with E-state index in [9.17, 15) is 23.9 Å². The number of pyridine rings is 1. The highest BCUT2D eigenvalue weighted by molar-refractivity contribution is 6.38. The Kier molecular flexibility index (Phi) is 5.72. The lowest BCUT2D eigenvalue weighted by Crippen LogP contribution is -2.17. The maximum absolute atomic E-state index is 13.4. The van der Waals surface area contributed by atoms with E-state index < -0.39 is 28.8 Å². The third-order valence-corrected chi connectivity index (χ3v) is 4.73. The maximum atomic E-state index is 13.4. The second-order valence-electron chi connectivity index (χ2n) is 6.08. The van der Waals surface area contributed by atoms with Crippen molar-refractivity contribution in [2.24, 2.45) is 0 Å². The zero-order chi connectivity index (χ0) is 21.3. The molecule has 0 bridgehead atoms. The molecule has 0 aliphatic rings. The number of carboxylic acids is 1. The molecule has 2 aromatic carbocycles. The van der Waals surface area contributed by atoms with Gasteiger partial charge >= 0.3 is 5.97 Å². The van der Waals surface area contributed by atoms with E-state index in [-0.39, 0.29) is 27.5 Å². The number of nitrogens with zero attached hydrogens (tertiary/aromatic N) is 1. The number of rotatable bonds is 5. The van der Waals surface area contributed by atoms with Gasteiger partial charge in [-0.05, 0) is 29.8 Å². The van der Waals surface area contributed by atoms with Gasteiger partial charge in [-0.15, -0.1) is 0 Å². The number of fused-ring (bicyclic) bond motifs is 1. The summed E-state index contributed by atoms with van der Waals surface area (Å²) < 4.78 is 15.0. The molecule has 0 atom stereocenters. The first-order valence-electron chi connectivity index (χ1n) is 8.13. The molecule has 0 saturated carbocycles. The monoisotopic (exact) mass is 435 g/mol. The van der Waals surface area contributed by atoms with E-state index in [2.05, 4.69) is 0 Å². The lowest BCUT2D eigenvalue weighted by Gasteiger charge is -2.15. The fraction of sp³-hybridized carbons (Fsp3) is 0.0500. The molecule has 0 fully saturated rings. The smallest absolute Gasteiger partial charge is 0.376 e. The van der Waals surface area contributed by atoms with Crippen molar-refractivity contribution < 1.29 is 24.2 Å². The number of carbonyl (C=O) groups excluding carboxylic acids is 1. The van der Waals surface area contributed by atoms with Crippen LogP contribution in [0.5, 0.6) is 0 Å². The standard InChI is InChI=1S/C20H12Cl2FNO5/c21-13-3-1-2-11-18(13)24(8-10-4-5-15(23)14(22)6-10)9-12(19(11)27)16(25)7-17(26)20(28)29/h1-7,9,25H,8H2,(H,28,29). The molecule has 148 valence electrons. The predicted molar refractivity (Wildman–Crippen MR) is 107 cm³/mol. The number of carboxylic acid groups (broad SMARTS) is 1. The first kappa shape index (κ1) is 20.6. The number of benzene rings is 2. The van der Waals surface area contributed by atoms with Crippen molar-refractivity contribution in [2.75, 3.05) is 0 Å². The quantitative estimate of drug-likeness (QED) is 0.358. The SMILES string of the molecule is O=C(O)C(=O)C=C(O)c1cn(Cc2ccc(F)c(Cl)c2)c2c(Cl)cccc2c1=O. The van der Waals surface area contributed by atoms with Gasteiger partial charge in [0.05, 0.1) is 21.1 Å². The van der Waals surface area contributed by atoms with Crippen molar-refractivity contribution in [1.29, 1.82) is 0 Å². The van der Waals surface area contributed by atoms with Crippen LogP contribution in [0.15, 0.2) is 53.5 Å². The van der Waals surface area contributed by atoms with Crippen molar-refractivity contribution in [2.45, 2.75) is 6.54 Å². The molecule has 3 aromatic rings. The van der Waals surface area contributed by atoms with Gasteiger partial charge in [-0.3, -0.25) is 9.59 Å². The summed E-state index contributed by atoms with van der Waals surface area (Å²) in [6, 6.07) is 8.67. The number of aliphatic carboxylic acids is 1. The molecule has 0 unspecified atom stereocenters. The lowest BCUT2D eigenvalue weighted by atomic mass is 10.1. The lowest BCUT2D eigenvalue weighted by molar-refractivity contribution is -0.146. The van der Waals surface area contributed by atoms with Crippen LogP contribution in [-0.2, 0) is 16.1 Å². The minimum absolute atomic E-state index is 0.0889. The zero-order valence-corrected chi connectivity index (χ0v) is 16.0. The van der Waals surface area contributed by atoms with Crippen LogP contribution in [-0.4, -0.2) is 26.5 Å². The van der Waals surface area contributed by atoms with Crippen molar-refractivity contribution in [3.8, 4) is 0 Å². The Balaban J connectivity index is 2.24. The van der Waals surface area contributed by atoms with Crippen LogP contribution in [0.3, 0.4) is 0 Å². The van der Waals surface area contributed by atoms with Crippen LogP contribution in [0, 0.1) is 5.82 Å². The number of aromatic nitrogens is 1. The maximum Gasteiger partial charge on any atom is 0.376 e. The van der Waals surface area contributed by atoms with Crippen molar-refractivity contribution >= 4 is 51.6 Å². The Labute approximate surface area is 173 Å². The largest absolute Gasteiger partial charge is 0.507 e. The fourth-order valence-corrected chi connectivity index (χ4v) is 3.31. The fourth-order valence-electron chi connectivity index (χ4n) is 2.82. The van der Waals surface area contributed by atoms with Crippen LogP contribution < -0.4 is 5.43 Å². The topological polar surface area (TPSA) is 96.6 Å². The predicted octanol–water partition coefficient (Wildman–Crippen LogP) is 4.05. The molecule has 9 heteroatoms. The number of hydrogen-bond acceptors (Lipinski definition) is 4. The van der Waals surface area contributed by atoms with E-state index in [0.29, 0.717) is 17.2 Å². The van der Waals surface area contributed by atoms with Crippen molar-refractivity contribution in [1.82, 2.24) is 4.57 Å². The molecule has 1 heterocycles. The van der Waals surface area contributed by atoms with Gasteiger partial charge in [-0.25, -0.2) is 9.18 Å². The normalized spacial score (nSPS) is 11.6. The number of carbonyl (C=O) groups is 2. The summed E-state index contributed by atoms with van der Waals surface area (Å²) in [5.74, 6) is -4.55. The van der Waals surface area contributed by atoms with Gasteiger partial charge in [-0.2, -0.15) is 0 Å². The summed E-state index contributed by atoms with van der Waals surface area (Å²) in [6.45, 7) is 0.105. The Morgan fingerprint density at radius 1 is 1.10 bits per heavy atom. The van der Waals surface area contributed by atoms with Crippen molar-refractivity contribution in [3.05, 3.63) is 85.9 Å². The highest BCUT2D eigenvalue weighted by Crippen LogP contribution is 2.25. The highest BCUT2D eigenvalue weighted by atomic mass is 35.5. The third-order valence-electron chi connectivity index (χ3n) is 4.14. The number of aliphatic hydroxyl groups is 1. The molecule has 6 nitrogen and oxygen atoms in total. The second kappa shape index (κ2) is 8.06. The Hall–Kier alpha value is -3.16. The third kappa shape index (κ3) is 4.16. The van der Waals surface area contributed by atoms with Gasteiger partial charge in [0.2, 0.25) is 0 Å². The summed E-state index contributed by atoms with van der Waals surface area (Å²) in [7, 11) is 0. The average Bonchev–Trinajstić information content (AvgIpc) is 2.66. The summed E-state index contributed by atoms with van der Waals surface area (Å²) in [5, 5.41) is 19.2. The molecule has 3 rings (SSSR count). The van der Waals surface area contributed by atoms with Crippen LogP contribution in [0.4, 0.5) is 4.39 Å². The van der Waals surface area contributed by atoms with Gasteiger partial charge in [0.1, 0.15) is 11.6 Å². The summed E-state index contributed by atoms with van der Waals surface area (Å²) >= 11 is 12.1. The molecule has 0 spiro atoms. The minimum atomic E-state index is -1.78. The molecule has 0 aliphatic carbocycles. The molecule has 0 radical (unpaired) electrons. The van der Waals surface area contributed by atoms with Crippen LogP contribution >= 0.6 is 23.2 Å². The van der Waals surface area contributed by atoms with Crippen molar-refractivity contribution in [3.63, 3.8) is 0 Å². The van der Waals surface area contributed by atoms with Gasteiger partial charge in [-0.1, -0.05) is 35.3 Å². The van der Waals surface area contributed by atoms with E-state index in [4.69, 9.17) is 28.3 Å². The second-order valence-corrected chi connectivity index (χ2v) is 6.90. The minimum Gasteiger partial charge on any atom is -0.507 e. The van der Waals surface area contributed by atoms with Crippen LogP contribution in [0.25, 0.3) is 16.7 Å². The summed E-state index contributed by atoms with van der Waals surface area (Å²) in [4.78, 5) is 34.9. The number of ketones is 1. The van der Waals surface area contributed by atoms with E-state index in [0.717, 1.165) is 0 Å². The first-order chi connectivity index (χ1) is 13.7. The molecule has 1 aromatic heterocycles. The molecule has 2 N–H and O–H groups in total. The average molecular weight is 436 g/mol. The number of hydrogen-bond donors (Lipinski definition) is 2. The zero-order valence-electron chi connectivity index (χ0n) is 14.5. The van der Waals surface area contributed by atoms with Gasteiger partial charge in [0.15, 0.2) is 5.43 Å².